The highest BCUT2D eigenvalue weighted by Crippen LogP contribution is 2.34. The number of nitrogens with zero attached hydrogens (tertiary/aromatic N) is 3. The molecule has 2 aliphatic rings. The van der Waals surface area contributed by atoms with E-state index in [0.29, 0.717) is 40.8 Å². The molecule has 2 heterocycles. The van der Waals surface area contributed by atoms with Crippen LogP contribution in [-0.4, -0.2) is 68.1 Å². The molecule has 1 saturated heterocycles. The van der Waals surface area contributed by atoms with Crippen LogP contribution in [0.25, 0.3) is 10.8 Å². The van der Waals surface area contributed by atoms with Crippen LogP contribution in [-0.2, 0) is 14.8 Å². The van der Waals surface area contributed by atoms with Crippen molar-refractivity contribution >= 4 is 44.2 Å². The van der Waals surface area contributed by atoms with Gasteiger partial charge >= 0.3 is 0 Å². The SMILES string of the molecule is COc1ccccc1N(CCN1C(=O)c2cccc3cccc(c23)C1=O)C(=O)C1CCCN1S(=O)(=O)c1ccc(C)cc1. The van der Waals surface area contributed by atoms with E-state index >= 15 is 0 Å². The Hall–Kier alpha value is -4.54. The summed E-state index contributed by atoms with van der Waals surface area (Å²) in [6.45, 7) is 1.93. The number of anilines is 1. The number of para-hydroxylation sites is 2. The summed E-state index contributed by atoms with van der Waals surface area (Å²) in [4.78, 5) is 44.2. The van der Waals surface area contributed by atoms with Crippen molar-refractivity contribution < 1.29 is 27.5 Å². The molecule has 0 spiro atoms. The summed E-state index contributed by atoms with van der Waals surface area (Å²) in [5.41, 5.74) is 2.20. The molecule has 1 fully saturated rings. The Morgan fingerprint density at radius 1 is 0.907 bits per heavy atom. The molecule has 0 N–H and O–H groups in total. The number of carbonyl (C=O) groups is 3. The van der Waals surface area contributed by atoms with E-state index in [1.54, 1.807) is 72.8 Å². The van der Waals surface area contributed by atoms with Gasteiger partial charge in [-0.05, 0) is 61.5 Å². The quantitative estimate of drug-likeness (QED) is 0.274. The third-order valence-electron chi connectivity index (χ3n) is 8.16. The minimum atomic E-state index is -3.95. The molecule has 2 aliphatic heterocycles. The van der Waals surface area contributed by atoms with Crippen LogP contribution in [0.1, 0.15) is 39.1 Å². The maximum absolute atomic E-state index is 14.3. The highest BCUT2D eigenvalue weighted by molar-refractivity contribution is 7.89. The largest absolute Gasteiger partial charge is 0.495 e. The van der Waals surface area contributed by atoms with Crippen molar-refractivity contribution in [1.82, 2.24) is 9.21 Å². The lowest BCUT2D eigenvalue weighted by atomic mass is 9.94. The summed E-state index contributed by atoms with van der Waals surface area (Å²) in [5, 5.41) is 1.43. The normalized spacial score (nSPS) is 17.0. The zero-order chi connectivity index (χ0) is 30.3. The molecule has 10 heteroatoms. The van der Waals surface area contributed by atoms with Gasteiger partial charge in [0.2, 0.25) is 15.9 Å². The monoisotopic (exact) mass is 597 g/mol. The molecule has 0 bridgehead atoms. The minimum absolute atomic E-state index is 0.0518. The average Bonchev–Trinajstić information content (AvgIpc) is 3.53. The maximum atomic E-state index is 14.3. The Kier molecular flexibility index (Phi) is 7.49. The second-order valence-corrected chi connectivity index (χ2v) is 12.6. The summed E-state index contributed by atoms with van der Waals surface area (Å²) < 4.78 is 34.2. The maximum Gasteiger partial charge on any atom is 0.261 e. The first kappa shape index (κ1) is 28.6. The van der Waals surface area contributed by atoms with Crippen LogP contribution < -0.4 is 9.64 Å². The third kappa shape index (κ3) is 4.96. The van der Waals surface area contributed by atoms with E-state index in [4.69, 9.17) is 4.74 Å². The van der Waals surface area contributed by atoms with Crippen molar-refractivity contribution in [3.05, 3.63) is 102 Å². The van der Waals surface area contributed by atoms with Gasteiger partial charge in [0.05, 0.1) is 17.7 Å². The number of amides is 3. The van der Waals surface area contributed by atoms with Crippen LogP contribution in [0, 0.1) is 6.92 Å². The number of hydrogen-bond acceptors (Lipinski definition) is 6. The molecular formula is C33H31N3O6S. The number of imide groups is 1. The molecule has 220 valence electrons. The van der Waals surface area contributed by atoms with Crippen molar-refractivity contribution in [2.24, 2.45) is 0 Å². The van der Waals surface area contributed by atoms with Crippen molar-refractivity contribution in [2.75, 3.05) is 31.6 Å². The van der Waals surface area contributed by atoms with Gasteiger partial charge in [-0.1, -0.05) is 54.1 Å². The lowest BCUT2D eigenvalue weighted by Crippen LogP contribution is -2.51. The van der Waals surface area contributed by atoms with E-state index in [0.717, 1.165) is 15.8 Å². The van der Waals surface area contributed by atoms with Gasteiger partial charge in [-0.3, -0.25) is 19.3 Å². The molecule has 4 aromatic rings. The first-order chi connectivity index (χ1) is 20.7. The number of rotatable bonds is 8. The predicted octanol–water partition coefficient (Wildman–Crippen LogP) is 4.64. The van der Waals surface area contributed by atoms with Gasteiger partial charge in [0.1, 0.15) is 11.8 Å². The highest BCUT2D eigenvalue weighted by atomic mass is 32.2. The lowest BCUT2D eigenvalue weighted by molar-refractivity contribution is -0.121. The molecule has 3 amide bonds. The number of carbonyl (C=O) groups excluding carboxylic acids is 3. The minimum Gasteiger partial charge on any atom is -0.495 e. The second kappa shape index (κ2) is 11.3. The van der Waals surface area contributed by atoms with Gasteiger partial charge in [-0.25, -0.2) is 8.42 Å². The Balaban J connectivity index is 1.33. The number of benzene rings is 4. The zero-order valence-corrected chi connectivity index (χ0v) is 24.7. The van der Waals surface area contributed by atoms with E-state index in [1.807, 2.05) is 19.1 Å². The Labute approximate surface area is 250 Å². The first-order valence-corrected chi connectivity index (χ1v) is 15.6. The zero-order valence-electron chi connectivity index (χ0n) is 23.9. The fourth-order valence-corrected chi connectivity index (χ4v) is 7.64. The fraction of sp³-hybridized carbons (Fsp3) is 0.242. The van der Waals surface area contributed by atoms with Crippen molar-refractivity contribution in [1.29, 1.82) is 0 Å². The molecule has 0 aliphatic carbocycles. The van der Waals surface area contributed by atoms with E-state index < -0.39 is 33.8 Å². The highest BCUT2D eigenvalue weighted by Gasteiger charge is 2.42. The number of ether oxygens (including phenoxy) is 1. The summed E-state index contributed by atoms with van der Waals surface area (Å²) in [5.74, 6) is -0.914. The van der Waals surface area contributed by atoms with E-state index in [1.165, 1.54) is 16.3 Å². The molecule has 0 aromatic heterocycles. The van der Waals surface area contributed by atoms with Gasteiger partial charge in [0.15, 0.2) is 0 Å². The molecule has 4 aromatic carbocycles. The van der Waals surface area contributed by atoms with E-state index in [-0.39, 0.29) is 24.5 Å². The molecule has 43 heavy (non-hydrogen) atoms. The fourth-order valence-electron chi connectivity index (χ4n) is 5.99. The molecule has 0 saturated carbocycles. The van der Waals surface area contributed by atoms with Gasteiger partial charge < -0.3 is 9.64 Å². The van der Waals surface area contributed by atoms with Crippen LogP contribution >= 0.6 is 0 Å². The van der Waals surface area contributed by atoms with Gasteiger partial charge in [-0.2, -0.15) is 4.31 Å². The second-order valence-electron chi connectivity index (χ2n) is 10.7. The Bertz CT molecular complexity index is 1800. The Morgan fingerprint density at radius 3 is 2.21 bits per heavy atom. The van der Waals surface area contributed by atoms with Crippen LogP contribution in [0.3, 0.4) is 0 Å². The van der Waals surface area contributed by atoms with Crippen LogP contribution in [0.15, 0.2) is 89.8 Å². The summed E-state index contributed by atoms with van der Waals surface area (Å²) in [7, 11) is -2.47. The van der Waals surface area contributed by atoms with Crippen LogP contribution in [0.2, 0.25) is 0 Å². The van der Waals surface area contributed by atoms with Crippen LogP contribution in [0.4, 0.5) is 5.69 Å². The standard InChI is InChI=1S/C33H31N3O6S/c1-22-15-17-24(18-16-22)43(40,41)36-19-7-13-28(36)33(39)34(27-12-3-4-14-29(27)42-2)20-21-35-31(37)25-10-5-8-23-9-6-11-26(30(23)25)32(35)38/h3-6,8-12,14-18,28H,7,13,19-21H2,1-2H3. The van der Waals surface area contributed by atoms with Gasteiger partial charge in [0, 0.05) is 36.1 Å². The average molecular weight is 598 g/mol. The number of aryl methyl sites for hydroxylation is 1. The van der Waals surface area contributed by atoms with Gasteiger partial charge in [-0.15, -0.1) is 0 Å². The Morgan fingerprint density at radius 2 is 1.56 bits per heavy atom. The first-order valence-electron chi connectivity index (χ1n) is 14.1. The van der Waals surface area contributed by atoms with Crippen molar-refractivity contribution in [3.63, 3.8) is 0 Å². The van der Waals surface area contributed by atoms with Crippen molar-refractivity contribution in [3.8, 4) is 5.75 Å². The van der Waals surface area contributed by atoms with Crippen molar-refractivity contribution in [2.45, 2.75) is 30.7 Å². The molecule has 9 nitrogen and oxygen atoms in total. The summed E-state index contributed by atoms with van der Waals surface area (Å²) in [6.07, 6.45) is 0.859. The lowest BCUT2D eigenvalue weighted by Gasteiger charge is -2.33. The molecule has 1 atom stereocenters. The van der Waals surface area contributed by atoms with E-state index in [9.17, 15) is 22.8 Å². The molecule has 1 unspecified atom stereocenters. The van der Waals surface area contributed by atoms with E-state index in [2.05, 4.69) is 0 Å². The number of sulfonamides is 1. The molecule has 6 rings (SSSR count). The number of hydrogen-bond donors (Lipinski definition) is 0. The summed E-state index contributed by atoms with van der Waals surface area (Å²) in [6, 6.07) is 23.2. The predicted molar refractivity (Wildman–Crippen MR) is 163 cm³/mol. The van der Waals surface area contributed by atoms with Gasteiger partial charge in [0.25, 0.3) is 11.8 Å². The smallest absolute Gasteiger partial charge is 0.261 e. The molecule has 0 radical (unpaired) electrons. The molecular weight excluding hydrogens is 566 g/mol. The third-order valence-corrected chi connectivity index (χ3v) is 10.1. The number of methoxy groups -OCH3 is 1. The topological polar surface area (TPSA) is 104 Å². The summed E-state index contributed by atoms with van der Waals surface area (Å²) >= 11 is 0. The van der Waals surface area contributed by atoms with Crippen LogP contribution in [0.5, 0.6) is 5.75 Å².